The lowest BCUT2D eigenvalue weighted by Gasteiger charge is -2.07. The van der Waals surface area contributed by atoms with E-state index in [0.717, 1.165) is 24.0 Å². The van der Waals surface area contributed by atoms with Crippen LogP contribution >= 0.6 is 0 Å². The van der Waals surface area contributed by atoms with Gasteiger partial charge in [-0.1, -0.05) is 0 Å². The average molecular weight is 220 g/mol. The predicted molar refractivity (Wildman–Crippen MR) is 61.2 cm³/mol. The number of anilines is 1. The summed E-state index contributed by atoms with van der Waals surface area (Å²) < 4.78 is 3.95. The van der Waals surface area contributed by atoms with Crippen molar-refractivity contribution in [3.05, 3.63) is 24.0 Å². The molecule has 2 heterocycles. The molecule has 0 saturated heterocycles. The zero-order valence-electron chi connectivity index (χ0n) is 9.80. The molecule has 6 heteroatoms. The molecule has 0 amide bonds. The van der Waals surface area contributed by atoms with E-state index in [1.807, 2.05) is 29.3 Å². The minimum atomic E-state index is 0.680. The smallest absolute Gasteiger partial charge is 0.203 e. The molecule has 0 aliphatic carbocycles. The first-order valence-corrected chi connectivity index (χ1v) is 5.31. The molecule has 0 aromatic carbocycles. The summed E-state index contributed by atoms with van der Waals surface area (Å²) in [6.45, 7) is 5.57. The van der Waals surface area contributed by atoms with Crippen molar-refractivity contribution in [1.29, 1.82) is 0 Å². The Morgan fingerprint density at radius 2 is 2.25 bits per heavy atom. The molecular weight excluding hydrogens is 204 g/mol. The van der Waals surface area contributed by atoms with Crippen LogP contribution in [0.3, 0.4) is 0 Å². The Labute approximate surface area is 94.3 Å². The van der Waals surface area contributed by atoms with E-state index in [1.165, 1.54) is 0 Å². The maximum absolute atomic E-state index is 4.40. The molecule has 2 rings (SSSR count). The van der Waals surface area contributed by atoms with Crippen LogP contribution in [0.4, 0.5) is 5.95 Å². The second kappa shape index (κ2) is 4.34. The molecule has 0 aliphatic rings. The minimum absolute atomic E-state index is 0.680. The highest BCUT2D eigenvalue weighted by Gasteiger charge is 2.07. The molecular formula is C10H16N6. The number of rotatable bonds is 4. The lowest BCUT2D eigenvalue weighted by molar-refractivity contribution is 0.700. The molecule has 0 aliphatic heterocycles. The molecule has 2 aromatic heterocycles. The monoisotopic (exact) mass is 220 g/mol. The van der Waals surface area contributed by atoms with Crippen molar-refractivity contribution in [2.45, 2.75) is 20.4 Å². The van der Waals surface area contributed by atoms with Gasteiger partial charge in [0, 0.05) is 19.8 Å². The van der Waals surface area contributed by atoms with E-state index >= 15 is 0 Å². The van der Waals surface area contributed by atoms with E-state index in [-0.39, 0.29) is 0 Å². The van der Waals surface area contributed by atoms with Crippen LogP contribution in [0.25, 0.3) is 0 Å². The molecule has 86 valence electrons. The minimum Gasteiger partial charge on any atom is -0.356 e. The fourth-order valence-electron chi connectivity index (χ4n) is 1.57. The molecule has 0 fully saturated rings. The molecule has 0 saturated carbocycles. The first kappa shape index (κ1) is 10.7. The van der Waals surface area contributed by atoms with Gasteiger partial charge in [0.05, 0.1) is 12.2 Å². The fraction of sp³-hybridized carbons (Fsp3) is 0.500. The van der Waals surface area contributed by atoms with E-state index in [4.69, 9.17) is 0 Å². The number of nitrogens with one attached hydrogen (secondary N) is 1. The van der Waals surface area contributed by atoms with E-state index in [9.17, 15) is 0 Å². The van der Waals surface area contributed by atoms with Crippen LogP contribution in [-0.2, 0) is 13.6 Å². The predicted octanol–water partition coefficient (Wildman–Crippen LogP) is 0.800. The van der Waals surface area contributed by atoms with Crippen LogP contribution in [-0.4, -0.2) is 30.9 Å². The number of aryl methyl sites for hydroxylation is 2. The molecule has 0 radical (unpaired) electrons. The molecule has 16 heavy (non-hydrogen) atoms. The summed E-state index contributed by atoms with van der Waals surface area (Å²) in [5.41, 5.74) is 0.998. The second-order valence-corrected chi connectivity index (χ2v) is 3.72. The Morgan fingerprint density at radius 1 is 1.44 bits per heavy atom. The summed E-state index contributed by atoms with van der Waals surface area (Å²) in [6, 6.07) is 0. The molecule has 2 aromatic rings. The Balaban J connectivity index is 2.23. The van der Waals surface area contributed by atoms with Gasteiger partial charge in [-0.2, -0.15) is 0 Å². The number of nitrogens with zero attached hydrogens (tertiary/aromatic N) is 5. The average Bonchev–Trinajstić information content (AvgIpc) is 2.77. The molecule has 0 spiro atoms. The van der Waals surface area contributed by atoms with Gasteiger partial charge in [0.2, 0.25) is 5.95 Å². The van der Waals surface area contributed by atoms with Crippen molar-refractivity contribution < 1.29 is 0 Å². The van der Waals surface area contributed by atoms with Gasteiger partial charge >= 0.3 is 0 Å². The number of hydrogen-bond donors (Lipinski definition) is 1. The summed E-state index contributed by atoms with van der Waals surface area (Å²) in [5.74, 6) is 1.79. The molecule has 6 nitrogen and oxygen atoms in total. The van der Waals surface area contributed by atoms with Gasteiger partial charge in [-0.05, 0) is 13.8 Å². The highest BCUT2D eigenvalue weighted by molar-refractivity contribution is 5.29. The van der Waals surface area contributed by atoms with Crippen molar-refractivity contribution >= 4 is 5.95 Å². The number of hydrogen-bond acceptors (Lipinski definition) is 4. The van der Waals surface area contributed by atoms with E-state index in [0.29, 0.717) is 6.54 Å². The van der Waals surface area contributed by atoms with Crippen molar-refractivity contribution in [2.75, 3.05) is 11.9 Å². The Hall–Kier alpha value is -1.85. The summed E-state index contributed by atoms with van der Waals surface area (Å²) in [4.78, 5) is 4.40. The second-order valence-electron chi connectivity index (χ2n) is 3.72. The number of aromatic nitrogens is 5. The van der Waals surface area contributed by atoms with Crippen LogP contribution in [0.15, 0.2) is 12.5 Å². The van der Waals surface area contributed by atoms with Gasteiger partial charge in [-0.25, -0.2) is 4.98 Å². The highest BCUT2D eigenvalue weighted by Crippen LogP contribution is 2.10. The Kier molecular flexibility index (Phi) is 2.89. The van der Waals surface area contributed by atoms with Crippen LogP contribution in [0, 0.1) is 6.92 Å². The van der Waals surface area contributed by atoms with Gasteiger partial charge in [-0.15, -0.1) is 10.2 Å². The Morgan fingerprint density at radius 3 is 2.88 bits per heavy atom. The van der Waals surface area contributed by atoms with Crippen molar-refractivity contribution in [3.63, 3.8) is 0 Å². The third kappa shape index (κ3) is 2.05. The van der Waals surface area contributed by atoms with Gasteiger partial charge < -0.3 is 14.5 Å². The number of imidazole rings is 1. The van der Waals surface area contributed by atoms with E-state index in [2.05, 4.69) is 27.4 Å². The third-order valence-corrected chi connectivity index (χ3v) is 2.35. The van der Waals surface area contributed by atoms with Crippen LogP contribution in [0.2, 0.25) is 0 Å². The topological polar surface area (TPSA) is 60.6 Å². The SMILES string of the molecule is CCNc1nc(C)cn1Cc1nncn1C. The van der Waals surface area contributed by atoms with Gasteiger partial charge in [0.25, 0.3) is 0 Å². The molecule has 0 unspecified atom stereocenters. The quantitative estimate of drug-likeness (QED) is 0.828. The summed E-state index contributed by atoms with van der Waals surface area (Å²) in [5, 5.41) is 11.1. The van der Waals surface area contributed by atoms with E-state index in [1.54, 1.807) is 6.33 Å². The largest absolute Gasteiger partial charge is 0.356 e. The van der Waals surface area contributed by atoms with Crippen molar-refractivity contribution in [1.82, 2.24) is 24.3 Å². The molecule has 0 bridgehead atoms. The summed E-state index contributed by atoms with van der Waals surface area (Å²) in [6.07, 6.45) is 3.71. The highest BCUT2D eigenvalue weighted by atomic mass is 15.3. The molecule has 0 atom stereocenters. The normalized spacial score (nSPS) is 10.7. The maximum Gasteiger partial charge on any atom is 0.203 e. The zero-order valence-corrected chi connectivity index (χ0v) is 9.80. The Bertz CT molecular complexity index is 469. The fourth-order valence-corrected chi connectivity index (χ4v) is 1.57. The van der Waals surface area contributed by atoms with Crippen LogP contribution in [0.1, 0.15) is 18.4 Å². The van der Waals surface area contributed by atoms with Gasteiger partial charge in [-0.3, -0.25) is 0 Å². The summed E-state index contributed by atoms with van der Waals surface area (Å²) in [7, 11) is 1.94. The lowest BCUT2D eigenvalue weighted by Crippen LogP contribution is -2.10. The first-order valence-electron chi connectivity index (χ1n) is 5.31. The van der Waals surface area contributed by atoms with Crippen molar-refractivity contribution in [2.24, 2.45) is 7.05 Å². The summed E-state index contributed by atoms with van der Waals surface area (Å²) >= 11 is 0. The van der Waals surface area contributed by atoms with Gasteiger partial charge in [0.1, 0.15) is 6.33 Å². The van der Waals surface area contributed by atoms with Gasteiger partial charge in [0.15, 0.2) is 5.82 Å². The van der Waals surface area contributed by atoms with E-state index < -0.39 is 0 Å². The van der Waals surface area contributed by atoms with Crippen LogP contribution < -0.4 is 5.32 Å². The standard InChI is InChI=1S/C10H16N6/c1-4-11-10-13-8(2)5-16(10)6-9-14-12-7-15(9)3/h5,7H,4,6H2,1-3H3,(H,11,13). The first-order chi connectivity index (χ1) is 7.70. The maximum atomic E-state index is 4.40. The third-order valence-electron chi connectivity index (χ3n) is 2.35. The lowest BCUT2D eigenvalue weighted by atomic mass is 10.5. The zero-order chi connectivity index (χ0) is 11.5. The molecule has 1 N–H and O–H groups in total. The van der Waals surface area contributed by atoms with Crippen LogP contribution in [0.5, 0.6) is 0 Å². The van der Waals surface area contributed by atoms with Crippen molar-refractivity contribution in [3.8, 4) is 0 Å².